The fourth-order valence-electron chi connectivity index (χ4n) is 2.33. The molecular weight excluding hydrogens is 301 g/mol. The summed E-state index contributed by atoms with van der Waals surface area (Å²) in [6.45, 7) is 0.444. The fraction of sp³-hybridized carbons (Fsp3) is 0.429. The molecule has 1 aromatic rings. The number of benzene rings is 1. The zero-order chi connectivity index (χ0) is 15.4. The molecule has 1 N–H and O–H groups in total. The summed E-state index contributed by atoms with van der Waals surface area (Å²) in [5.74, 6) is -2.53. The molecule has 2 rings (SSSR count). The molecule has 1 amide bonds. The third-order valence-electron chi connectivity index (χ3n) is 3.36. The number of halogens is 2. The van der Waals surface area contributed by atoms with Gasteiger partial charge in [0.2, 0.25) is 0 Å². The smallest absolute Gasteiger partial charge is 0.323 e. The van der Waals surface area contributed by atoms with Crippen LogP contribution in [0.15, 0.2) is 18.2 Å². The maximum absolute atomic E-state index is 13.9. The summed E-state index contributed by atoms with van der Waals surface area (Å²) in [6, 6.07) is 3.45. The number of carboxylic acids is 1. The number of hydrogen-bond acceptors (Lipinski definition) is 3. The summed E-state index contributed by atoms with van der Waals surface area (Å²) in [6.07, 6.45) is 1.07. The highest BCUT2D eigenvalue weighted by Crippen LogP contribution is 2.21. The van der Waals surface area contributed by atoms with Crippen LogP contribution < -0.4 is 0 Å². The van der Waals surface area contributed by atoms with E-state index in [0.29, 0.717) is 26.1 Å². The molecule has 114 valence electrons. The first kappa shape index (κ1) is 15.7. The van der Waals surface area contributed by atoms with Crippen LogP contribution in [0.2, 0.25) is 5.02 Å². The van der Waals surface area contributed by atoms with Crippen molar-refractivity contribution in [3.8, 4) is 0 Å². The number of carbonyl (C=O) groups is 2. The fourth-order valence-corrected chi connectivity index (χ4v) is 2.49. The molecule has 0 spiro atoms. The Morgan fingerprint density at radius 2 is 2.05 bits per heavy atom. The van der Waals surface area contributed by atoms with E-state index in [0.717, 1.165) is 6.07 Å². The average molecular weight is 316 g/mol. The van der Waals surface area contributed by atoms with E-state index in [4.69, 9.17) is 21.4 Å². The van der Waals surface area contributed by atoms with Gasteiger partial charge in [0.25, 0.3) is 5.91 Å². The van der Waals surface area contributed by atoms with Crippen molar-refractivity contribution in [2.75, 3.05) is 19.8 Å². The summed E-state index contributed by atoms with van der Waals surface area (Å²) < 4.78 is 19.1. The number of carboxylic acid groups (broad SMARTS) is 1. The number of ether oxygens (including phenoxy) is 1. The number of carbonyl (C=O) groups excluding carboxylic acids is 1. The van der Waals surface area contributed by atoms with E-state index in [2.05, 4.69) is 0 Å². The van der Waals surface area contributed by atoms with Crippen LogP contribution in [0, 0.1) is 5.82 Å². The van der Waals surface area contributed by atoms with Crippen LogP contribution in [0.25, 0.3) is 0 Å². The Morgan fingerprint density at radius 3 is 2.62 bits per heavy atom. The molecule has 7 heteroatoms. The first-order chi connectivity index (χ1) is 9.99. The Morgan fingerprint density at radius 1 is 1.38 bits per heavy atom. The molecule has 0 radical (unpaired) electrons. The lowest BCUT2D eigenvalue weighted by molar-refractivity contribution is -0.138. The highest BCUT2D eigenvalue weighted by atomic mass is 35.5. The van der Waals surface area contributed by atoms with Gasteiger partial charge in [-0.05, 0) is 31.0 Å². The maximum Gasteiger partial charge on any atom is 0.323 e. The highest BCUT2D eigenvalue weighted by Gasteiger charge is 2.29. The van der Waals surface area contributed by atoms with E-state index in [-0.39, 0.29) is 16.6 Å². The number of aliphatic carboxylic acids is 1. The number of rotatable bonds is 4. The highest BCUT2D eigenvalue weighted by molar-refractivity contribution is 6.30. The Labute approximate surface area is 126 Å². The zero-order valence-electron chi connectivity index (χ0n) is 11.2. The van der Waals surface area contributed by atoms with Gasteiger partial charge in [0, 0.05) is 24.3 Å². The second kappa shape index (κ2) is 6.87. The van der Waals surface area contributed by atoms with E-state index < -0.39 is 24.2 Å². The van der Waals surface area contributed by atoms with Crippen LogP contribution in [0.1, 0.15) is 23.2 Å². The third kappa shape index (κ3) is 3.92. The second-order valence-electron chi connectivity index (χ2n) is 4.79. The van der Waals surface area contributed by atoms with Crippen LogP contribution in [-0.4, -0.2) is 47.7 Å². The minimum absolute atomic E-state index is 0.174. The van der Waals surface area contributed by atoms with Crippen molar-refractivity contribution in [1.29, 1.82) is 0 Å². The second-order valence-corrected chi connectivity index (χ2v) is 5.23. The average Bonchev–Trinajstić information content (AvgIpc) is 2.45. The van der Waals surface area contributed by atoms with Gasteiger partial charge < -0.3 is 14.7 Å². The van der Waals surface area contributed by atoms with Crippen molar-refractivity contribution in [3.05, 3.63) is 34.6 Å². The van der Waals surface area contributed by atoms with E-state index >= 15 is 0 Å². The van der Waals surface area contributed by atoms with Gasteiger partial charge in [0.1, 0.15) is 12.4 Å². The molecule has 0 aliphatic carbocycles. The molecular formula is C14H15ClFNO4. The molecule has 1 aliphatic rings. The first-order valence-electron chi connectivity index (χ1n) is 6.54. The molecule has 1 aromatic carbocycles. The van der Waals surface area contributed by atoms with Crippen LogP contribution >= 0.6 is 11.6 Å². The molecule has 21 heavy (non-hydrogen) atoms. The van der Waals surface area contributed by atoms with Crippen LogP contribution in [0.3, 0.4) is 0 Å². The molecule has 1 saturated heterocycles. The van der Waals surface area contributed by atoms with Crippen molar-refractivity contribution in [2.24, 2.45) is 0 Å². The van der Waals surface area contributed by atoms with Crippen molar-refractivity contribution in [3.63, 3.8) is 0 Å². The Kier molecular flexibility index (Phi) is 5.14. The SMILES string of the molecule is O=C(O)CN(C(=O)c1ccc(Cl)cc1F)C1CCOCC1. The summed E-state index contributed by atoms with van der Waals surface area (Å²) in [7, 11) is 0. The number of amides is 1. The van der Waals surface area contributed by atoms with Crippen molar-refractivity contribution >= 4 is 23.5 Å². The predicted octanol–water partition coefficient (Wildman–Crippen LogP) is 2.18. The standard InChI is InChI=1S/C14H15ClFNO4/c15-9-1-2-11(12(16)7-9)14(20)17(8-13(18)19)10-3-5-21-6-4-10/h1-2,7,10H,3-6,8H2,(H,18,19). The van der Waals surface area contributed by atoms with Gasteiger partial charge in [-0.15, -0.1) is 0 Å². The summed E-state index contributed by atoms with van der Waals surface area (Å²) in [4.78, 5) is 24.6. The monoisotopic (exact) mass is 315 g/mol. The van der Waals surface area contributed by atoms with Gasteiger partial charge in [0.15, 0.2) is 0 Å². The lowest BCUT2D eigenvalue weighted by Gasteiger charge is -2.33. The number of nitrogens with zero attached hydrogens (tertiary/aromatic N) is 1. The van der Waals surface area contributed by atoms with Crippen molar-refractivity contribution < 1.29 is 23.8 Å². The van der Waals surface area contributed by atoms with Crippen molar-refractivity contribution in [1.82, 2.24) is 4.90 Å². The zero-order valence-corrected chi connectivity index (χ0v) is 12.0. The van der Waals surface area contributed by atoms with Gasteiger partial charge in [-0.1, -0.05) is 11.6 Å². The van der Waals surface area contributed by atoms with Gasteiger partial charge >= 0.3 is 5.97 Å². The van der Waals surface area contributed by atoms with E-state index in [1.807, 2.05) is 0 Å². The van der Waals surface area contributed by atoms with E-state index in [1.165, 1.54) is 17.0 Å². The van der Waals surface area contributed by atoms with Crippen molar-refractivity contribution in [2.45, 2.75) is 18.9 Å². The van der Waals surface area contributed by atoms with Crippen LogP contribution in [0.4, 0.5) is 4.39 Å². The molecule has 0 atom stereocenters. The lowest BCUT2D eigenvalue weighted by Crippen LogP contribution is -2.46. The third-order valence-corrected chi connectivity index (χ3v) is 3.59. The maximum atomic E-state index is 13.9. The van der Waals surface area contributed by atoms with Gasteiger partial charge in [-0.25, -0.2) is 4.39 Å². The molecule has 0 aromatic heterocycles. The van der Waals surface area contributed by atoms with Crippen LogP contribution in [0.5, 0.6) is 0 Å². The van der Waals surface area contributed by atoms with E-state index in [1.54, 1.807) is 0 Å². The molecule has 1 aliphatic heterocycles. The Bertz CT molecular complexity index is 546. The largest absolute Gasteiger partial charge is 0.480 e. The summed E-state index contributed by atoms with van der Waals surface area (Å²) in [5.41, 5.74) is -0.174. The Balaban J connectivity index is 2.26. The molecule has 1 fully saturated rings. The Hall–Kier alpha value is -1.66. The molecule has 0 bridgehead atoms. The van der Waals surface area contributed by atoms with Gasteiger partial charge in [0.05, 0.1) is 5.56 Å². The normalized spacial score (nSPS) is 15.7. The predicted molar refractivity (Wildman–Crippen MR) is 73.9 cm³/mol. The van der Waals surface area contributed by atoms with E-state index in [9.17, 15) is 14.0 Å². The summed E-state index contributed by atoms with van der Waals surface area (Å²) >= 11 is 5.66. The minimum atomic E-state index is -1.13. The lowest BCUT2D eigenvalue weighted by atomic mass is 10.0. The summed E-state index contributed by atoms with van der Waals surface area (Å²) in [5, 5.41) is 9.16. The van der Waals surface area contributed by atoms with Crippen LogP contribution in [-0.2, 0) is 9.53 Å². The molecule has 1 heterocycles. The molecule has 5 nitrogen and oxygen atoms in total. The topological polar surface area (TPSA) is 66.8 Å². The molecule has 0 saturated carbocycles. The van der Waals surface area contributed by atoms with Gasteiger partial charge in [-0.3, -0.25) is 9.59 Å². The quantitative estimate of drug-likeness (QED) is 0.925. The minimum Gasteiger partial charge on any atom is -0.480 e. The van der Waals surface area contributed by atoms with Gasteiger partial charge in [-0.2, -0.15) is 0 Å². The first-order valence-corrected chi connectivity index (χ1v) is 6.92. The molecule has 0 unspecified atom stereocenters. The number of hydrogen-bond donors (Lipinski definition) is 1.